The van der Waals surface area contributed by atoms with E-state index in [1.807, 2.05) is 39.0 Å². The Hall–Kier alpha value is -1.97. The Bertz CT molecular complexity index is 572. The predicted molar refractivity (Wildman–Crippen MR) is 69.6 cm³/mol. The molecule has 0 bridgehead atoms. The predicted octanol–water partition coefficient (Wildman–Crippen LogP) is 2.34. The van der Waals surface area contributed by atoms with Crippen molar-refractivity contribution in [3.63, 3.8) is 0 Å². The Balaban J connectivity index is 2.25. The maximum Gasteiger partial charge on any atom is 0.170 e. The van der Waals surface area contributed by atoms with Crippen molar-refractivity contribution in [2.75, 3.05) is 0 Å². The van der Waals surface area contributed by atoms with Gasteiger partial charge in [-0.1, -0.05) is 17.7 Å². The number of hydrogen-bond donors (Lipinski definition) is 0. The van der Waals surface area contributed by atoms with Crippen LogP contribution in [0.5, 0.6) is 0 Å². The third-order valence-corrected chi connectivity index (χ3v) is 3.01. The van der Waals surface area contributed by atoms with E-state index in [1.165, 1.54) is 6.33 Å². The van der Waals surface area contributed by atoms with Gasteiger partial charge in [0.1, 0.15) is 12.2 Å². The first-order chi connectivity index (χ1) is 8.61. The topological polar surface area (TPSA) is 47.8 Å². The fourth-order valence-corrected chi connectivity index (χ4v) is 1.96. The molecule has 1 heterocycles. The van der Waals surface area contributed by atoms with Gasteiger partial charge in [0.15, 0.2) is 5.78 Å². The second-order valence-electron chi connectivity index (χ2n) is 4.41. The molecule has 4 nitrogen and oxygen atoms in total. The summed E-state index contributed by atoms with van der Waals surface area (Å²) in [5.41, 5.74) is 2.88. The third-order valence-electron chi connectivity index (χ3n) is 3.01. The number of carbonyl (C=O) groups is 1. The van der Waals surface area contributed by atoms with E-state index in [-0.39, 0.29) is 5.78 Å². The maximum absolute atomic E-state index is 12.3. The summed E-state index contributed by atoms with van der Waals surface area (Å²) in [7, 11) is 0. The lowest BCUT2D eigenvalue weighted by Gasteiger charge is -2.06. The zero-order valence-electron chi connectivity index (χ0n) is 11.0. The summed E-state index contributed by atoms with van der Waals surface area (Å²) >= 11 is 0. The van der Waals surface area contributed by atoms with Gasteiger partial charge in [0.2, 0.25) is 0 Å². The number of ketones is 1. The largest absolute Gasteiger partial charge is 0.294 e. The summed E-state index contributed by atoms with van der Waals surface area (Å²) in [5, 5.41) is 4.07. The van der Waals surface area contributed by atoms with Crippen molar-refractivity contribution < 1.29 is 4.79 Å². The number of benzene rings is 1. The molecular weight excluding hydrogens is 226 g/mol. The van der Waals surface area contributed by atoms with Gasteiger partial charge in [0.05, 0.1) is 6.42 Å². The Morgan fingerprint density at radius 1 is 1.33 bits per heavy atom. The first-order valence-corrected chi connectivity index (χ1v) is 6.09. The molecule has 2 rings (SSSR count). The fourth-order valence-electron chi connectivity index (χ4n) is 1.96. The lowest BCUT2D eigenvalue weighted by molar-refractivity contribution is 0.0988. The third kappa shape index (κ3) is 2.47. The van der Waals surface area contributed by atoms with E-state index in [4.69, 9.17) is 0 Å². The molecule has 0 saturated carbocycles. The van der Waals surface area contributed by atoms with Crippen LogP contribution in [0.2, 0.25) is 0 Å². The quantitative estimate of drug-likeness (QED) is 0.774. The smallest absolute Gasteiger partial charge is 0.170 e. The molecule has 1 aromatic heterocycles. The Morgan fingerprint density at radius 2 is 2.11 bits per heavy atom. The molecule has 0 aliphatic rings. The van der Waals surface area contributed by atoms with Gasteiger partial charge >= 0.3 is 0 Å². The van der Waals surface area contributed by atoms with Gasteiger partial charge in [-0.05, 0) is 32.4 Å². The minimum Gasteiger partial charge on any atom is -0.294 e. The zero-order valence-corrected chi connectivity index (χ0v) is 11.0. The van der Waals surface area contributed by atoms with Crippen LogP contribution in [0.3, 0.4) is 0 Å². The number of aryl methyl sites for hydroxylation is 3. The van der Waals surface area contributed by atoms with Crippen LogP contribution in [0.15, 0.2) is 24.5 Å². The second kappa shape index (κ2) is 5.12. The van der Waals surface area contributed by atoms with Gasteiger partial charge in [0.25, 0.3) is 0 Å². The fraction of sp³-hybridized carbons (Fsp3) is 0.357. The molecule has 0 amide bonds. The number of nitrogens with zero attached hydrogens (tertiary/aromatic N) is 3. The van der Waals surface area contributed by atoms with Gasteiger partial charge in [0, 0.05) is 12.1 Å². The van der Waals surface area contributed by atoms with Crippen molar-refractivity contribution in [2.45, 2.75) is 33.7 Å². The summed E-state index contributed by atoms with van der Waals surface area (Å²) in [6, 6.07) is 5.93. The summed E-state index contributed by atoms with van der Waals surface area (Å²) in [6.45, 7) is 6.66. The SMILES string of the molecule is CCn1ncnc1CC(=O)c1cc(C)ccc1C. The molecule has 0 saturated heterocycles. The van der Waals surface area contributed by atoms with E-state index in [1.54, 1.807) is 4.68 Å². The lowest BCUT2D eigenvalue weighted by Crippen LogP contribution is -2.12. The average molecular weight is 243 g/mol. The van der Waals surface area contributed by atoms with E-state index in [0.717, 1.165) is 29.1 Å². The van der Waals surface area contributed by atoms with Gasteiger partial charge in [-0.25, -0.2) is 9.67 Å². The maximum atomic E-state index is 12.3. The molecule has 0 radical (unpaired) electrons. The molecule has 4 heteroatoms. The van der Waals surface area contributed by atoms with Crippen LogP contribution in [-0.4, -0.2) is 20.5 Å². The highest BCUT2D eigenvalue weighted by atomic mass is 16.1. The van der Waals surface area contributed by atoms with E-state index in [0.29, 0.717) is 6.42 Å². The molecule has 2 aromatic rings. The highest BCUT2D eigenvalue weighted by molar-refractivity contribution is 5.98. The van der Waals surface area contributed by atoms with Gasteiger partial charge in [-0.15, -0.1) is 0 Å². The molecule has 0 unspecified atom stereocenters. The Kier molecular flexibility index (Phi) is 3.55. The molecule has 94 valence electrons. The monoisotopic (exact) mass is 243 g/mol. The number of hydrogen-bond acceptors (Lipinski definition) is 3. The zero-order chi connectivity index (χ0) is 13.1. The normalized spacial score (nSPS) is 10.6. The van der Waals surface area contributed by atoms with E-state index >= 15 is 0 Å². The molecule has 1 aromatic carbocycles. The second-order valence-corrected chi connectivity index (χ2v) is 4.41. The first kappa shape index (κ1) is 12.5. The van der Waals surface area contributed by atoms with E-state index in [2.05, 4.69) is 10.1 Å². The highest BCUT2D eigenvalue weighted by Crippen LogP contribution is 2.13. The van der Waals surface area contributed by atoms with Crippen molar-refractivity contribution in [2.24, 2.45) is 0 Å². The van der Waals surface area contributed by atoms with Gasteiger partial charge < -0.3 is 0 Å². The van der Waals surface area contributed by atoms with Crippen LogP contribution < -0.4 is 0 Å². The van der Waals surface area contributed by atoms with Crippen LogP contribution in [0, 0.1) is 13.8 Å². The van der Waals surface area contributed by atoms with Crippen LogP contribution in [0.1, 0.15) is 34.2 Å². The first-order valence-electron chi connectivity index (χ1n) is 6.09. The van der Waals surface area contributed by atoms with Gasteiger partial charge in [-0.2, -0.15) is 5.10 Å². The van der Waals surface area contributed by atoms with Crippen LogP contribution in [-0.2, 0) is 13.0 Å². The van der Waals surface area contributed by atoms with Crippen molar-refractivity contribution in [3.05, 3.63) is 47.0 Å². The summed E-state index contributed by atoms with van der Waals surface area (Å²) in [6.07, 6.45) is 1.80. The molecule has 0 fully saturated rings. The molecule has 0 aliphatic heterocycles. The van der Waals surface area contributed by atoms with Crippen LogP contribution in [0.4, 0.5) is 0 Å². The highest BCUT2D eigenvalue weighted by Gasteiger charge is 2.13. The molecule has 0 spiro atoms. The van der Waals surface area contributed by atoms with Gasteiger partial charge in [-0.3, -0.25) is 4.79 Å². The molecule has 0 atom stereocenters. The van der Waals surface area contributed by atoms with Crippen LogP contribution in [0.25, 0.3) is 0 Å². The van der Waals surface area contributed by atoms with Crippen LogP contribution >= 0.6 is 0 Å². The summed E-state index contributed by atoms with van der Waals surface area (Å²) < 4.78 is 1.75. The lowest BCUT2D eigenvalue weighted by atomic mass is 10.00. The minimum atomic E-state index is 0.0962. The Morgan fingerprint density at radius 3 is 2.83 bits per heavy atom. The number of rotatable bonds is 4. The minimum absolute atomic E-state index is 0.0962. The Labute approximate surface area is 107 Å². The molecular formula is C14H17N3O. The number of aromatic nitrogens is 3. The number of Topliss-reactive ketones (excluding diaryl/α,β-unsaturated/α-hetero) is 1. The van der Waals surface area contributed by atoms with Crippen molar-refractivity contribution >= 4 is 5.78 Å². The van der Waals surface area contributed by atoms with E-state index in [9.17, 15) is 4.79 Å². The summed E-state index contributed by atoms with van der Waals surface area (Å²) in [4.78, 5) is 16.4. The average Bonchev–Trinajstić information content (AvgIpc) is 2.79. The van der Waals surface area contributed by atoms with E-state index < -0.39 is 0 Å². The van der Waals surface area contributed by atoms with Crippen molar-refractivity contribution in [3.8, 4) is 0 Å². The molecule has 0 aliphatic carbocycles. The standard InChI is InChI=1S/C14H17N3O/c1-4-17-14(15-9-16-17)8-13(18)12-7-10(2)5-6-11(12)3/h5-7,9H,4,8H2,1-3H3. The number of carbonyl (C=O) groups excluding carboxylic acids is 1. The summed E-state index contributed by atoms with van der Waals surface area (Å²) in [5.74, 6) is 0.822. The molecule has 18 heavy (non-hydrogen) atoms. The van der Waals surface area contributed by atoms with Crippen molar-refractivity contribution in [1.82, 2.24) is 14.8 Å². The molecule has 0 N–H and O–H groups in total. The van der Waals surface area contributed by atoms with Crippen molar-refractivity contribution in [1.29, 1.82) is 0 Å².